The molecule has 0 saturated carbocycles. The number of esters is 1. The maximum atomic E-state index is 14.0. The Morgan fingerprint density at radius 3 is 2.57 bits per heavy atom. The number of hydrogen-bond donors (Lipinski definition) is 0. The van der Waals surface area contributed by atoms with Crippen LogP contribution in [-0.2, 0) is 16.1 Å². The molecule has 9 heteroatoms. The molecule has 3 aromatic carbocycles. The normalized spacial score (nSPS) is 14.8. The fourth-order valence-corrected chi connectivity index (χ4v) is 6.57. The van der Waals surface area contributed by atoms with E-state index in [9.17, 15) is 14.0 Å². The Bertz CT molecular complexity index is 1940. The number of thiophene rings is 1. The zero-order chi connectivity index (χ0) is 29.1. The first kappa shape index (κ1) is 27.6. The number of carbonyl (C=O) groups is 1. The van der Waals surface area contributed by atoms with E-state index < -0.39 is 12.0 Å². The summed E-state index contributed by atoms with van der Waals surface area (Å²) in [6.45, 7) is 2.24. The Kier molecular flexibility index (Phi) is 7.94. The van der Waals surface area contributed by atoms with Gasteiger partial charge in [-0.25, -0.2) is 14.2 Å². The van der Waals surface area contributed by atoms with E-state index in [0.29, 0.717) is 26.4 Å². The van der Waals surface area contributed by atoms with Gasteiger partial charge in [0.2, 0.25) is 0 Å². The van der Waals surface area contributed by atoms with Crippen molar-refractivity contribution >= 4 is 40.4 Å². The molecule has 0 bridgehead atoms. The summed E-state index contributed by atoms with van der Waals surface area (Å²) in [5.74, 6) is -0.180. The molecule has 210 valence electrons. The lowest BCUT2D eigenvalue weighted by atomic mass is 9.97. The first-order chi connectivity index (χ1) is 20.5. The third-order valence-electron chi connectivity index (χ3n) is 6.66. The molecule has 6 rings (SSSR count). The number of hydrogen-bond acceptors (Lipinski definition) is 7. The third kappa shape index (κ3) is 5.61. The van der Waals surface area contributed by atoms with Crippen LogP contribution in [0.15, 0.2) is 112 Å². The maximum absolute atomic E-state index is 14.0. The molecule has 3 heterocycles. The molecular formula is C33H25FN2O4S2. The van der Waals surface area contributed by atoms with E-state index in [1.165, 1.54) is 34.8 Å². The van der Waals surface area contributed by atoms with Crippen molar-refractivity contribution in [2.75, 3.05) is 6.61 Å². The van der Waals surface area contributed by atoms with Crippen molar-refractivity contribution < 1.29 is 18.7 Å². The molecule has 0 fully saturated rings. The molecule has 0 radical (unpaired) electrons. The van der Waals surface area contributed by atoms with E-state index in [2.05, 4.69) is 0 Å². The monoisotopic (exact) mass is 596 g/mol. The first-order valence-electron chi connectivity index (χ1n) is 13.3. The number of nitrogens with zero attached hydrogens (tertiary/aromatic N) is 2. The van der Waals surface area contributed by atoms with Gasteiger partial charge in [-0.2, -0.15) is 0 Å². The zero-order valence-corrected chi connectivity index (χ0v) is 24.2. The van der Waals surface area contributed by atoms with E-state index in [0.717, 1.165) is 21.6 Å². The second kappa shape index (κ2) is 12.1. The lowest BCUT2D eigenvalue weighted by molar-refractivity contribution is -0.138. The molecule has 1 aliphatic heterocycles. The summed E-state index contributed by atoms with van der Waals surface area (Å²) in [6, 6.07) is 26.2. The van der Waals surface area contributed by atoms with Crippen LogP contribution in [-0.4, -0.2) is 17.1 Å². The smallest absolute Gasteiger partial charge is 0.338 e. The number of thiazole rings is 1. The highest BCUT2D eigenvalue weighted by Gasteiger charge is 2.35. The highest BCUT2D eigenvalue weighted by atomic mass is 32.1. The van der Waals surface area contributed by atoms with Crippen molar-refractivity contribution in [1.29, 1.82) is 0 Å². The fraction of sp³-hybridized carbons (Fsp3) is 0.121. The summed E-state index contributed by atoms with van der Waals surface area (Å²) in [5, 5.41) is 1.92. The van der Waals surface area contributed by atoms with Gasteiger partial charge in [-0.15, -0.1) is 11.3 Å². The molecule has 1 aliphatic rings. The van der Waals surface area contributed by atoms with Crippen LogP contribution in [0.4, 0.5) is 4.39 Å². The molecule has 0 N–H and O–H groups in total. The molecule has 0 saturated heterocycles. The molecule has 1 atom stereocenters. The summed E-state index contributed by atoms with van der Waals surface area (Å²) in [5.41, 5.74) is 2.97. The number of ether oxygens (including phenoxy) is 2. The van der Waals surface area contributed by atoms with Crippen molar-refractivity contribution in [2.24, 2.45) is 4.99 Å². The molecular weight excluding hydrogens is 572 g/mol. The minimum absolute atomic E-state index is 0.200. The highest BCUT2D eigenvalue weighted by Crippen LogP contribution is 2.36. The largest absolute Gasteiger partial charge is 0.489 e. The number of rotatable bonds is 8. The predicted molar refractivity (Wildman–Crippen MR) is 163 cm³/mol. The second-order valence-corrected chi connectivity index (χ2v) is 11.4. The van der Waals surface area contributed by atoms with E-state index in [-0.39, 0.29) is 24.6 Å². The highest BCUT2D eigenvalue weighted by molar-refractivity contribution is 7.10. The van der Waals surface area contributed by atoms with Crippen LogP contribution < -0.4 is 19.6 Å². The maximum Gasteiger partial charge on any atom is 0.338 e. The van der Waals surface area contributed by atoms with Crippen LogP contribution in [0.2, 0.25) is 0 Å². The summed E-state index contributed by atoms with van der Waals surface area (Å²) >= 11 is 2.74. The van der Waals surface area contributed by atoms with Gasteiger partial charge in [0.05, 0.1) is 22.4 Å². The number of fused-ring (bicyclic) bond motifs is 1. The SMILES string of the molecule is CCOC(=O)C1=C(c2ccccc2)N=c2s/c(=C\c3cccc(OCc4ccc(F)cc4)c3)c(=O)n2[C@@H]1c1cccs1. The van der Waals surface area contributed by atoms with Gasteiger partial charge in [-0.05, 0) is 59.8 Å². The zero-order valence-electron chi connectivity index (χ0n) is 22.5. The predicted octanol–water partition coefficient (Wildman–Crippen LogP) is 5.72. The van der Waals surface area contributed by atoms with Gasteiger partial charge >= 0.3 is 5.97 Å². The van der Waals surface area contributed by atoms with Gasteiger partial charge < -0.3 is 9.47 Å². The average molecular weight is 597 g/mol. The minimum atomic E-state index is -0.678. The topological polar surface area (TPSA) is 69.9 Å². The van der Waals surface area contributed by atoms with Crippen LogP contribution in [0, 0.1) is 5.82 Å². The molecule has 0 unspecified atom stereocenters. The molecule has 5 aromatic rings. The summed E-state index contributed by atoms with van der Waals surface area (Å²) < 4.78 is 26.7. The Hall–Kier alpha value is -4.60. The third-order valence-corrected chi connectivity index (χ3v) is 8.57. The second-order valence-electron chi connectivity index (χ2n) is 9.43. The number of aromatic nitrogens is 1. The van der Waals surface area contributed by atoms with Gasteiger partial charge in [0.15, 0.2) is 4.80 Å². The summed E-state index contributed by atoms with van der Waals surface area (Å²) in [6.07, 6.45) is 1.80. The first-order valence-corrected chi connectivity index (χ1v) is 15.0. The van der Waals surface area contributed by atoms with E-state index in [1.807, 2.05) is 72.1 Å². The molecule has 2 aromatic heterocycles. The quantitative estimate of drug-likeness (QED) is 0.215. The number of halogens is 1. The summed E-state index contributed by atoms with van der Waals surface area (Å²) in [4.78, 5) is 33.6. The Morgan fingerprint density at radius 1 is 1.02 bits per heavy atom. The lowest BCUT2D eigenvalue weighted by Gasteiger charge is -2.24. The molecule has 0 amide bonds. The van der Waals surface area contributed by atoms with Crippen LogP contribution in [0.5, 0.6) is 5.75 Å². The van der Waals surface area contributed by atoms with Crippen molar-refractivity contribution in [1.82, 2.24) is 4.57 Å². The lowest BCUT2D eigenvalue weighted by Crippen LogP contribution is -2.39. The Morgan fingerprint density at radius 2 is 1.83 bits per heavy atom. The van der Waals surface area contributed by atoms with E-state index in [1.54, 1.807) is 29.7 Å². The van der Waals surface area contributed by atoms with Crippen molar-refractivity contribution in [3.63, 3.8) is 0 Å². The number of benzene rings is 3. The number of carbonyl (C=O) groups excluding carboxylic acids is 1. The van der Waals surface area contributed by atoms with Gasteiger partial charge in [0, 0.05) is 10.4 Å². The Balaban J connectivity index is 1.44. The standard InChI is InChI=1S/C33H25FN2O4S2/c1-2-39-32(38)28-29(23-9-4-3-5-10-23)35-33-36(30(28)26-12-7-17-41-26)31(37)27(42-33)19-22-8-6-11-25(18-22)40-20-21-13-15-24(34)16-14-21/h3-19,30H,2,20H2,1H3/b27-19-/t30-/m1/s1. The van der Waals surface area contributed by atoms with E-state index >= 15 is 0 Å². The van der Waals surface area contributed by atoms with Gasteiger partial charge in [-0.3, -0.25) is 9.36 Å². The molecule has 6 nitrogen and oxygen atoms in total. The molecule has 0 spiro atoms. The van der Waals surface area contributed by atoms with Crippen LogP contribution in [0.1, 0.15) is 34.5 Å². The molecule has 0 aliphatic carbocycles. The minimum Gasteiger partial charge on any atom is -0.489 e. The Labute approximate surface area is 249 Å². The summed E-state index contributed by atoms with van der Waals surface area (Å²) in [7, 11) is 0. The van der Waals surface area contributed by atoms with Crippen LogP contribution in [0.25, 0.3) is 11.8 Å². The van der Waals surface area contributed by atoms with Crippen molar-refractivity contribution in [3.8, 4) is 5.75 Å². The average Bonchev–Trinajstić information content (AvgIpc) is 3.65. The van der Waals surface area contributed by atoms with E-state index in [4.69, 9.17) is 14.5 Å². The van der Waals surface area contributed by atoms with Gasteiger partial charge in [0.1, 0.15) is 24.2 Å². The van der Waals surface area contributed by atoms with Crippen molar-refractivity contribution in [2.45, 2.75) is 19.6 Å². The molecule has 42 heavy (non-hydrogen) atoms. The van der Waals surface area contributed by atoms with Gasteiger partial charge in [0.25, 0.3) is 5.56 Å². The fourth-order valence-electron chi connectivity index (χ4n) is 4.75. The van der Waals surface area contributed by atoms with Crippen LogP contribution >= 0.6 is 22.7 Å². The van der Waals surface area contributed by atoms with Gasteiger partial charge in [-0.1, -0.05) is 72.0 Å². The van der Waals surface area contributed by atoms with Crippen molar-refractivity contribution in [3.05, 3.63) is 149 Å². The van der Waals surface area contributed by atoms with Crippen LogP contribution in [0.3, 0.4) is 0 Å².